The van der Waals surface area contributed by atoms with Crippen LogP contribution in [0.25, 0.3) is 0 Å². The molecule has 2 aromatic rings. The zero-order valence-corrected chi connectivity index (χ0v) is 14.9. The van der Waals surface area contributed by atoms with Crippen LogP contribution in [-0.2, 0) is 4.74 Å². The molecule has 0 aliphatic carbocycles. The highest BCUT2D eigenvalue weighted by Gasteiger charge is 2.30. The summed E-state index contributed by atoms with van der Waals surface area (Å²) in [7, 11) is 1.33. The Hall–Kier alpha value is -3.15. The number of hydrogen-bond donors (Lipinski definition) is 1. The smallest absolute Gasteiger partial charge is 0.411 e. The maximum absolute atomic E-state index is 11.3. The van der Waals surface area contributed by atoms with Crippen molar-refractivity contribution in [1.82, 2.24) is 0 Å². The molecule has 1 aliphatic heterocycles. The number of para-hydroxylation sites is 2. The third-order valence-electron chi connectivity index (χ3n) is 4.12. The van der Waals surface area contributed by atoms with Gasteiger partial charge >= 0.3 is 6.09 Å². The van der Waals surface area contributed by atoms with Crippen molar-refractivity contribution in [3.05, 3.63) is 60.7 Å². The number of hydrogen-bond acceptors (Lipinski definition) is 5. The monoisotopic (exact) mass is 354 g/mol. The standard InChI is InChI=1S/C20H22N2O4/c1-4-11-22-17-7-5-6-8-18(17)26-19(22)13-25-15-9-10-16(14(2)12-15)21-20(23)24-3/h4-10,12,19H,1,11,13H2,2-3H3,(H,21,23). The van der Waals surface area contributed by atoms with Crippen LogP contribution in [0.3, 0.4) is 0 Å². The SMILES string of the molecule is C=CCN1c2ccccc2OC1COc1ccc(NC(=O)OC)c(C)c1. The van der Waals surface area contributed by atoms with Crippen molar-refractivity contribution in [2.75, 3.05) is 30.5 Å². The van der Waals surface area contributed by atoms with Crippen molar-refractivity contribution < 1.29 is 19.0 Å². The van der Waals surface area contributed by atoms with Crippen molar-refractivity contribution in [1.29, 1.82) is 0 Å². The van der Waals surface area contributed by atoms with Gasteiger partial charge in [0.1, 0.15) is 18.1 Å². The fraction of sp³-hybridized carbons (Fsp3) is 0.250. The zero-order chi connectivity index (χ0) is 18.5. The molecule has 2 aromatic carbocycles. The van der Waals surface area contributed by atoms with Gasteiger partial charge in [-0.2, -0.15) is 0 Å². The second-order valence-electron chi connectivity index (χ2n) is 5.89. The molecule has 26 heavy (non-hydrogen) atoms. The van der Waals surface area contributed by atoms with E-state index in [1.165, 1.54) is 7.11 Å². The second-order valence-corrected chi connectivity index (χ2v) is 5.89. The third-order valence-corrected chi connectivity index (χ3v) is 4.12. The molecule has 6 nitrogen and oxygen atoms in total. The van der Waals surface area contributed by atoms with Gasteiger partial charge in [-0.05, 0) is 42.8 Å². The van der Waals surface area contributed by atoms with Gasteiger partial charge < -0.3 is 19.1 Å². The number of methoxy groups -OCH3 is 1. The maximum Gasteiger partial charge on any atom is 0.411 e. The average Bonchev–Trinajstić information content (AvgIpc) is 3.00. The van der Waals surface area contributed by atoms with E-state index in [0.717, 1.165) is 17.0 Å². The first-order valence-corrected chi connectivity index (χ1v) is 8.34. The Morgan fingerprint density at radius 3 is 2.88 bits per heavy atom. The molecule has 1 heterocycles. The van der Waals surface area contributed by atoms with Gasteiger partial charge in [0.25, 0.3) is 0 Å². The molecule has 1 amide bonds. The van der Waals surface area contributed by atoms with Crippen LogP contribution < -0.4 is 19.7 Å². The largest absolute Gasteiger partial charge is 0.488 e. The number of carbonyl (C=O) groups is 1. The molecule has 1 unspecified atom stereocenters. The number of aryl methyl sites for hydroxylation is 1. The minimum absolute atomic E-state index is 0.224. The van der Waals surface area contributed by atoms with Crippen LogP contribution in [0.1, 0.15) is 5.56 Å². The molecule has 0 aromatic heterocycles. The van der Waals surface area contributed by atoms with Crippen LogP contribution in [0.4, 0.5) is 16.2 Å². The first-order chi connectivity index (χ1) is 12.6. The van der Waals surface area contributed by atoms with Gasteiger partial charge in [0.15, 0.2) is 0 Å². The lowest BCUT2D eigenvalue weighted by Crippen LogP contribution is -2.39. The van der Waals surface area contributed by atoms with E-state index in [-0.39, 0.29) is 6.23 Å². The number of benzene rings is 2. The minimum atomic E-state index is -0.501. The van der Waals surface area contributed by atoms with E-state index >= 15 is 0 Å². The predicted octanol–water partition coefficient (Wildman–Crippen LogP) is 3.96. The molecule has 136 valence electrons. The molecule has 1 aliphatic rings. The number of anilines is 2. The fourth-order valence-electron chi connectivity index (χ4n) is 2.83. The normalized spacial score (nSPS) is 15.0. The summed E-state index contributed by atoms with van der Waals surface area (Å²) in [6.45, 7) is 6.75. The van der Waals surface area contributed by atoms with E-state index in [2.05, 4.69) is 21.5 Å². The summed E-state index contributed by atoms with van der Waals surface area (Å²) in [5.41, 5.74) is 2.60. The highest BCUT2D eigenvalue weighted by molar-refractivity contribution is 5.85. The summed E-state index contributed by atoms with van der Waals surface area (Å²) in [4.78, 5) is 13.4. The summed E-state index contributed by atoms with van der Waals surface area (Å²) < 4.78 is 16.5. The summed E-state index contributed by atoms with van der Waals surface area (Å²) in [5, 5.41) is 2.66. The zero-order valence-electron chi connectivity index (χ0n) is 14.9. The van der Waals surface area contributed by atoms with Gasteiger partial charge in [-0.25, -0.2) is 4.79 Å². The Kier molecular flexibility index (Phi) is 5.31. The summed E-state index contributed by atoms with van der Waals surface area (Å²) in [6, 6.07) is 13.4. The lowest BCUT2D eigenvalue weighted by atomic mass is 10.2. The van der Waals surface area contributed by atoms with Gasteiger partial charge in [-0.1, -0.05) is 18.2 Å². The van der Waals surface area contributed by atoms with E-state index in [9.17, 15) is 4.79 Å². The number of nitrogens with one attached hydrogen (secondary N) is 1. The highest BCUT2D eigenvalue weighted by atomic mass is 16.6. The molecule has 1 atom stereocenters. The number of nitrogens with zero attached hydrogens (tertiary/aromatic N) is 1. The topological polar surface area (TPSA) is 60.0 Å². The number of amides is 1. The molecule has 0 spiro atoms. The Morgan fingerprint density at radius 1 is 1.35 bits per heavy atom. The average molecular weight is 354 g/mol. The van der Waals surface area contributed by atoms with Gasteiger partial charge in [0.05, 0.1) is 12.8 Å². The molecule has 0 radical (unpaired) electrons. The fourth-order valence-corrected chi connectivity index (χ4v) is 2.83. The van der Waals surface area contributed by atoms with Crippen LogP contribution in [0.2, 0.25) is 0 Å². The van der Waals surface area contributed by atoms with Gasteiger partial charge in [0, 0.05) is 12.2 Å². The summed E-state index contributed by atoms with van der Waals surface area (Å²) in [6.07, 6.45) is 1.12. The van der Waals surface area contributed by atoms with Crippen LogP contribution in [0.15, 0.2) is 55.1 Å². The number of carbonyl (C=O) groups excluding carboxylic acids is 1. The van der Waals surface area contributed by atoms with Gasteiger partial charge in [-0.3, -0.25) is 5.32 Å². The van der Waals surface area contributed by atoms with Crippen molar-refractivity contribution in [3.8, 4) is 11.5 Å². The van der Waals surface area contributed by atoms with Crippen LogP contribution in [-0.4, -0.2) is 32.6 Å². The Morgan fingerprint density at radius 2 is 2.15 bits per heavy atom. The molecule has 0 saturated heterocycles. The Balaban J connectivity index is 1.66. The molecule has 3 rings (SSSR count). The minimum Gasteiger partial charge on any atom is -0.488 e. The number of ether oxygens (including phenoxy) is 3. The predicted molar refractivity (Wildman–Crippen MR) is 101 cm³/mol. The van der Waals surface area contributed by atoms with E-state index in [4.69, 9.17) is 9.47 Å². The Bertz CT molecular complexity index is 806. The highest BCUT2D eigenvalue weighted by Crippen LogP contribution is 2.36. The molecule has 1 N–H and O–H groups in total. The quantitative estimate of drug-likeness (QED) is 0.796. The van der Waals surface area contributed by atoms with Crippen molar-refractivity contribution in [2.24, 2.45) is 0 Å². The van der Waals surface area contributed by atoms with E-state index in [1.807, 2.05) is 43.3 Å². The maximum atomic E-state index is 11.3. The van der Waals surface area contributed by atoms with Crippen molar-refractivity contribution in [3.63, 3.8) is 0 Å². The lowest BCUT2D eigenvalue weighted by Gasteiger charge is -2.24. The lowest BCUT2D eigenvalue weighted by molar-refractivity contribution is 0.144. The molecule has 0 saturated carbocycles. The summed E-state index contributed by atoms with van der Waals surface area (Å²) >= 11 is 0. The molecular formula is C20H22N2O4. The molecule has 0 bridgehead atoms. The molecular weight excluding hydrogens is 332 g/mol. The van der Waals surface area contributed by atoms with E-state index < -0.39 is 6.09 Å². The van der Waals surface area contributed by atoms with E-state index in [1.54, 1.807) is 12.1 Å². The van der Waals surface area contributed by atoms with E-state index in [0.29, 0.717) is 24.6 Å². The van der Waals surface area contributed by atoms with Crippen LogP contribution in [0.5, 0.6) is 11.5 Å². The number of fused-ring (bicyclic) bond motifs is 1. The summed E-state index contributed by atoms with van der Waals surface area (Å²) in [5.74, 6) is 1.55. The van der Waals surface area contributed by atoms with Crippen LogP contribution in [0, 0.1) is 6.92 Å². The third kappa shape index (κ3) is 3.74. The molecule has 6 heteroatoms. The van der Waals surface area contributed by atoms with Crippen molar-refractivity contribution >= 4 is 17.5 Å². The van der Waals surface area contributed by atoms with Gasteiger partial charge in [0.2, 0.25) is 6.23 Å². The number of rotatable bonds is 6. The van der Waals surface area contributed by atoms with Crippen LogP contribution >= 0.6 is 0 Å². The molecule has 0 fully saturated rings. The second kappa shape index (κ2) is 7.82. The first-order valence-electron chi connectivity index (χ1n) is 8.34. The van der Waals surface area contributed by atoms with Gasteiger partial charge in [-0.15, -0.1) is 6.58 Å². The van der Waals surface area contributed by atoms with Crippen molar-refractivity contribution in [2.45, 2.75) is 13.2 Å². The first kappa shape index (κ1) is 17.7. The Labute approximate surface area is 153 Å².